The minimum absolute atomic E-state index is 0.0389. The summed E-state index contributed by atoms with van der Waals surface area (Å²) in [5.74, 6) is -0.279. The average Bonchev–Trinajstić information content (AvgIpc) is 3.24. The Balaban J connectivity index is 1.75. The van der Waals surface area contributed by atoms with Crippen LogP contribution in [-0.2, 0) is 0 Å². The molecule has 0 aliphatic heterocycles. The molecule has 0 atom stereocenters. The van der Waals surface area contributed by atoms with E-state index in [-0.39, 0.29) is 10.4 Å². The van der Waals surface area contributed by atoms with Crippen LogP contribution < -0.4 is 14.7 Å². The standard InChI is InChI=1S/C23H17ClN4O3S/c1-31-19-13-11-18(12-14-19)28-27-20(22(30)25-17-5-3-2-4-6-17)23(32-28)26-21(29)15-7-9-16(24)10-8-15/h2-14H,1H3,(H,25,30). The van der Waals surface area contributed by atoms with Gasteiger partial charge >= 0.3 is 0 Å². The number of para-hydroxylation sites is 1. The van der Waals surface area contributed by atoms with E-state index in [1.165, 1.54) is 4.07 Å². The van der Waals surface area contributed by atoms with Crippen molar-refractivity contribution in [2.45, 2.75) is 0 Å². The zero-order valence-corrected chi connectivity index (χ0v) is 18.4. The van der Waals surface area contributed by atoms with Crippen LogP contribution in [0.25, 0.3) is 5.69 Å². The summed E-state index contributed by atoms with van der Waals surface area (Å²) in [7, 11) is 1.58. The lowest BCUT2D eigenvalue weighted by molar-refractivity contribution is 0.0999. The van der Waals surface area contributed by atoms with Crippen molar-refractivity contribution in [1.82, 2.24) is 9.17 Å². The molecule has 0 spiro atoms. The number of hydrogen-bond donors (Lipinski definition) is 1. The highest BCUT2D eigenvalue weighted by atomic mass is 35.5. The zero-order valence-electron chi connectivity index (χ0n) is 16.9. The molecule has 32 heavy (non-hydrogen) atoms. The molecule has 0 saturated carbocycles. The second kappa shape index (κ2) is 9.59. The Labute approximate surface area is 192 Å². The van der Waals surface area contributed by atoms with Gasteiger partial charge in [0, 0.05) is 16.3 Å². The molecule has 0 fully saturated rings. The van der Waals surface area contributed by atoms with Gasteiger partial charge in [-0.25, -0.2) is 0 Å². The molecule has 3 aromatic carbocycles. The molecular formula is C23H17ClN4O3S. The summed E-state index contributed by atoms with van der Waals surface area (Å²) in [6.07, 6.45) is 0. The van der Waals surface area contributed by atoms with Gasteiger partial charge in [0.25, 0.3) is 11.8 Å². The van der Waals surface area contributed by atoms with E-state index >= 15 is 0 Å². The van der Waals surface area contributed by atoms with Gasteiger partial charge < -0.3 is 10.1 Å². The molecule has 1 N–H and O–H groups in total. The number of amides is 2. The Kier molecular flexibility index (Phi) is 6.44. The molecule has 0 aliphatic carbocycles. The van der Waals surface area contributed by atoms with Crippen molar-refractivity contribution in [2.24, 2.45) is 4.99 Å². The van der Waals surface area contributed by atoms with Crippen LogP contribution in [0.1, 0.15) is 20.8 Å². The van der Waals surface area contributed by atoms with Crippen molar-refractivity contribution < 1.29 is 14.3 Å². The van der Waals surface area contributed by atoms with Crippen molar-refractivity contribution in [2.75, 3.05) is 12.4 Å². The van der Waals surface area contributed by atoms with E-state index in [1.807, 2.05) is 18.2 Å². The first-order valence-electron chi connectivity index (χ1n) is 9.49. The maximum atomic E-state index is 13.0. The minimum atomic E-state index is -0.499. The third-order valence-corrected chi connectivity index (χ3v) is 5.58. The van der Waals surface area contributed by atoms with Crippen LogP contribution >= 0.6 is 23.1 Å². The van der Waals surface area contributed by atoms with Crippen LogP contribution in [-0.4, -0.2) is 28.1 Å². The Morgan fingerprint density at radius 2 is 1.69 bits per heavy atom. The number of ether oxygens (including phenoxy) is 1. The maximum absolute atomic E-state index is 13.0. The van der Waals surface area contributed by atoms with E-state index in [9.17, 15) is 9.59 Å². The van der Waals surface area contributed by atoms with Crippen LogP contribution in [0.4, 0.5) is 5.69 Å². The van der Waals surface area contributed by atoms with Crippen LogP contribution in [0.5, 0.6) is 5.75 Å². The predicted octanol–water partition coefficient (Wildman–Crippen LogP) is 4.59. The molecule has 4 rings (SSSR count). The molecular weight excluding hydrogens is 448 g/mol. The lowest BCUT2D eigenvalue weighted by atomic mass is 10.2. The molecule has 0 radical (unpaired) electrons. The van der Waals surface area contributed by atoms with Gasteiger partial charge in [0.1, 0.15) is 5.75 Å². The van der Waals surface area contributed by atoms with Gasteiger partial charge in [0.15, 0.2) is 10.4 Å². The summed E-state index contributed by atoms with van der Waals surface area (Å²) in [5.41, 5.74) is 1.70. The summed E-state index contributed by atoms with van der Waals surface area (Å²) < 4.78 is 6.91. The number of carbonyl (C=O) groups excluding carboxylic acids is 2. The van der Waals surface area contributed by atoms with Gasteiger partial charge in [-0.1, -0.05) is 29.8 Å². The van der Waals surface area contributed by atoms with Gasteiger partial charge in [-0.05, 0) is 72.2 Å². The third-order valence-electron chi connectivity index (χ3n) is 4.40. The number of nitrogens with zero attached hydrogens (tertiary/aromatic N) is 3. The fraction of sp³-hybridized carbons (Fsp3) is 0.0435. The minimum Gasteiger partial charge on any atom is -0.497 e. The Morgan fingerprint density at radius 3 is 2.34 bits per heavy atom. The lowest BCUT2D eigenvalue weighted by Crippen LogP contribution is -2.20. The van der Waals surface area contributed by atoms with Gasteiger partial charge in [-0.2, -0.15) is 9.06 Å². The molecule has 7 nitrogen and oxygen atoms in total. The van der Waals surface area contributed by atoms with Gasteiger partial charge in [0.2, 0.25) is 0 Å². The summed E-state index contributed by atoms with van der Waals surface area (Å²) in [6, 6.07) is 22.5. The van der Waals surface area contributed by atoms with Gasteiger partial charge in [-0.15, -0.1) is 5.10 Å². The molecule has 0 saturated heterocycles. The summed E-state index contributed by atoms with van der Waals surface area (Å²) in [4.78, 5) is 29.8. The number of carbonyl (C=O) groups is 2. The van der Waals surface area contributed by atoms with Crippen molar-refractivity contribution in [3.05, 3.63) is 99.8 Å². The normalized spacial score (nSPS) is 11.2. The molecule has 2 amide bonds. The number of aromatic nitrogens is 2. The molecule has 4 aromatic rings. The van der Waals surface area contributed by atoms with Crippen LogP contribution in [0.3, 0.4) is 0 Å². The molecule has 9 heteroatoms. The van der Waals surface area contributed by atoms with Crippen LogP contribution in [0, 0.1) is 0 Å². The van der Waals surface area contributed by atoms with E-state index in [0.717, 1.165) is 11.5 Å². The van der Waals surface area contributed by atoms with E-state index in [1.54, 1.807) is 67.8 Å². The summed E-state index contributed by atoms with van der Waals surface area (Å²) in [5, 5.41) is 7.71. The summed E-state index contributed by atoms with van der Waals surface area (Å²) in [6.45, 7) is 0. The van der Waals surface area contributed by atoms with Crippen molar-refractivity contribution in [1.29, 1.82) is 0 Å². The van der Waals surface area contributed by atoms with E-state index in [2.05, 4.69) is 15.4 Å². The van der Waals surface area contributed by atoms with Gasteiger partial charge in [-0.3, -0.25) is 9.59 Å². The number of rotatable bonds is 5. The molecule has 0 unspecified atom stereocenters. The van der Waals surface area contributed by atoms with E-state index in [4.69, 9.17) is 16.3 Å². The topological polar surface area (TPSA) is 85.6 Å². The number of halogens is 1. The first-order valence-corrected chi connectivity index (χ1v) is 10.6. The van der Waals surface area contributed by atoms with Crippen molar-refractivity contribution in [3.63, 3.8) is 0 Å². The number of hydrogen-bond acceptors (Lipinski definition) is 5. The monoisotopic (exact) mass is 464 g/mol. The number of anilines is 1. The fourth-order valence-electron chi connectivity index (χ4n) is 2.78. The van der Waals surface area contributed by atoms with Crippen molar-refractivity contribution >= 4 is 40.6 Å². The third kappa shape index (κ3) is 4.93. The highest BCUT2D eigenvalue weighted by molar-refractivity contribution is 7.04. The SMILES string of the molecule is COc1ccc(-n2nc(C(=O)Nc3ccccc3)c(=NC(=O)c3ccc(Cl)cc3)s2)cc1. The molecule has 1 aromatic heterocycles. The second-order valence-electron chi connectivity index (χ2n) is 6.56. The van der Waals surface area contributed by atoms with Crippen LogP contribution in [0.2, 0.25) is 5.02 Å². The molecule has 0 aliphatic rings. The molecule has 160 valence electrons. The Hall–Kier alpha value is -3.75. The van der Waals surface area contributed by atoms with Gasteiger partial charge in [0.05, 0.1) is 12.8 Å². The fourth-order valence-corrected chi connectivity index (χ4v) is 3.76. The number of methoxy groups -OCH3 is 1. The smallest absolute Gasteiger partial charge is 0.279 e. The Bertz CT molecular complexity index is 1310. The second-order valence-corrected chi connectivity index (χ2v) is 7.91. The highest BCUT2D eigenvalue weighted by Crippen LogP contribution is 2.16. The largest absolute Gasteiger partial charge is 0.497 e. The quantitative estimate of drug-likeness (QED) is 0.468. The molecule has 1 heterocycles. The first kappa shape index (κ1) is 21.5. The average molecular weight is 465 g/mol. The number of benzene rings is 3. The van der Waals surface area contributed by atoms with Crippen LogP contribution in [0.15, 0.2) is 83.9 Å². The first-order chi connectivity index (χ1) is 15.5. The predicted molar refractivity (Wildman–Crippen MR) is 124 cm³/mol. The molecule has 0 bridgehead atoms. The lowest BCUT2D eigenvalue weighted by Gasteiger charge is -2.03. The number of nitrogens with one attached hydrogen (secondary N) is 1. The van der Waals surface area contributed by atoms with E-state index in [0.29, 0.717) is 27.7 Å². The summed E-state index contributed by atoms with van der Waals surface area (Å²) >= 11 is 6.98. The maximum Gasteiger partial charge on any atom is 0.279 e. The Morgan fingerprint density at radius 1 is 1.00 bits per heavy atom. The highest BCUT2D eigenvalue weighted by Gasteiger charge is 2.17. The zero-order chi connectivity index (χ0) is 22.5. The van der Waals surface area contributed by atoms with Crippen molar-refractivity contribution in [3.8, 4) is 11.4 Å². The van der Waals surface area contributed by atoms with E-state index < -0.39 is 11.8 Å².